The van der Waals surface area contributed by atoms with Gasteiger partial charge in [0.1, 0.15) is 5.75 Å². The van der Waals surface area contributed by atoms with E-state index in [0.29, 0.717) is 0 Å². The number of benzene rings is 1. The first-order valence-electron chi connectivity index (χ1n) is 3.29. The van der Waals surface area contributed by atoms with Gasteiger partial charge in [-0.3, -0.25) is 0 Å². The molecule has 0 heterocycles. The van der Waals surface area contributed by atoms with Crippen LogP contribution in [0.1, 0.15) is 0 Å². The van der Waals surface area contributed by atoms with E-state index >= 15 is 0 Å². The molecule has 1 aromatic rings. The Balaban J connectivity index is 2.46. The van der Waals surface area contributed by atoms with Crippen LogP contribution in [0.15, 0.2) is 30.3 Å². The van der Waals surface area contributed by atoms with Crippen molar-refractivity contribution < 1.29 is 21.4 Å². The largest absolute Gasteiger partial charge is 0.380 e. The van der Waals surface area contributed by atoms with Crippen LogP contribution in [0.4, 0.5) is 8.78 Å². The Bertz CT molecular complexity index is 278. The zero-order chi connectivity index (χ0) is 9.68. The van der Waals surface area contributed by atoms with Crippen LogP contribution in [0.25, 0.3) is 0 Å². The number of hydrogen-bond donors (Lipinski definition) is 0. The van der Waals surface area contributed by atoms with E-state index in [1.807, 2.05) is 0 Å². The smallest absolute Gasteiger partial charge is 0.365 e. The van der Waals surface area contributed by atoms with Crippen LogP contribution in [-0.2, 0) is 15.5 Å². The van der Waals surface area contributed by atoms with Crippen molar-refractivity contribution in [1.29, 1.82) is 0 Å². The van der Waals surface area contributed by atoms with Gasteiger partial charge in [0, 0.05) is 0 Å². The van der Waals surface area contributed by atoms with Gasteiger partial charge in [-0.25, -0.2) is 0 Å². The average molecular weight is 208 g/mol. The van der Waals surface area contributed by atoms with Gasteiger partial charge in [0.2, 0.25) is 0 Å². The molecule has 0 saturated carbocycles. The average Bonchev–Trinajstić information content (AvgIpc) is 2.04. The first-order chi connectivity index (χ1) is 6.18. The molecule has 3 nitrogen and oxygen atoms in total. The number of hydrogen-bond acceptors (Lipinski definition) is 3. The Labute approximate surface area is 76.1 Å². The van der Waals surface area contributed by atoms with Crippen LogP contribution in [0, 0.1) is 0 Å². The summed E-state index contributed by atoms with van der Waals surface area (Å²) in [5.74, 6) is 0.210. The van der Waals surface area contributed by atoms with Gasteiger partial charge in [-0.15, -0.1) is 0 Å². The highest BCUT2D eigenvalue weighted by atomic mass is 32.2. The summed E-state index contributed by atoms with van der Waals surface area (Å²) in [6.07, 6.45) is 0. The number of halogens is 2. The van der Waals surface area contributed by atoms with Gasteiger partial charge in [0.25, 0.3) is 0 Å². The fourth-order valence-corrected chi connectivity index (χ4v) is 1.06. The predicted octanol–water partition coefficient (Wildman–Crippen LogP) is 1.88. The molecular formula is C7H6F2O3S. The lowest BCUT2D eigenvalue weighted by molar-refractivity contribution is -0.0447. The molecule has 0 fully saturated rings. The molecule has 0 aliphatic rings. The highest BCUT2D eigenvalue weighted by Gasteiger charge is 2.10. The number of alkyl halides is 2. The van der Waals surface area contributed by atoms with Crippen molar-refractivity contribution in [1.82, 2.24) is 0 Å². The fourth-order valence-electron chi connectivity index (χ4n) is 0.634. The van der Waals surface area contributed by atoms with Crippen molar-refractivity contribution in [3.63, 3.8) is 0 Å². The SMILES string of the molecule is O=S(Oc1ccccc1)OC(F)F. The van der Waals surface area contributed by atoms with Crippen molar-refractivity contribution in [2.24, 2.45) is 0 Å². The molecule has 1 unspecified atom stereocenters. The third kappa shape index (κ3) is 3.95. The molecule has 0 aliphatic heterocycles. The van der Waals surface area contributed by atoms with Crippen molar-refractivity contribution >= 4 is 11.4 Å². The fraction of sp³-hybridized carbons (Fsp3) is 0.143. The van der Waals surface area contributed by atoms with Gasteiger partial charge < -0.3 is 4.18 Å². The lowest BCUT2D eigenvalue weighted by Crippen LogP contribution is -2.08. The lowest BCUT2D eigenvalue weighted by Gasteiger charge is -2.02. The second-order valence-corrected chi connectivity index (χ2v) is 2.72. The van der Waals surface area contributed by atoms with Crippen molar-refractivity contribution in [2.45, 2.75) is 6.61 Å². The second-order valence-electron chi connectivity index (χ2n) is 1.96. The van der Waals surface area contributed by atoms with Crippen LogP contribution in [-0.4, -0.2) is 10.8 Å². The van der Waals surface area contributed by atoms with Gasteiger partial charge in [0.05, 0.1) is 0 Å². The molecule has 0 N–H and O–H groups in total. The van der Waals surface area contributed by atoms with Crippen LogP contribution in [0.2, 0.25) is 0 Å². The van der Waals surface area contributed by atoms with Crippen LogP contribution in [0.5, 0.6) is 5.75 Å². The Hall–Kier alpha value is -1.01. The van der Waals surface area contributed by atoms with E-state index in [0.717, 1.165) is 0 Å². The first-order valence-corrected chi connectivity index (χ1v) is 4.29. The first kappa shape index (κ1) is 10.1. The summed E-state index contributed by atoms with van der Waals surface area (Å²) >= 11 is -2.45. The monoisotopic (exact) mass is 208 g/mol. The van der Waals surface area contributed by atoms with Gasteiger partial charge in [-0.1, -0.05) is 18.2 Å². The Morgan fingerprint density at radius 2 is 1.85 bits per heavy atom. The third-order valence-electron chi connectivity index (χ3n) is 1.06. The predicted molar refractivity (Wildman–Crippen MR) is 42.3 cm³/mol. The summed E-state index contributed by atoms with van der Waals surface area (Å²) in [7, 11) is 0. The quantitative estimate of drug-likeness (QED) is 0.757. The maximum absolute atomic E-state index is 11.5. The maximum atomic E-state index is 11.5. The molecule has 1 atom stereocenters. The number of para-hydroxylation sites is 1. The molecule has 6 heteroatoms. The topological polar surface area (TPSA) is 35.5 Å². The Morgan fingerprint density at radius 3 is 2.38 bits per heavy atom. The van der Waals surface area contributed by atoms with E-state index in [1.54, 1.807) is 18.2 Å². The third-order valence-corrected chi connectivity index (χ3v) is 1.69. The van der Waals surface area contributed by atoms with E-state index in [-0.39, 0.29) is 5.75 Å². The summed E-state index contributed by atoms with van der Waals surface area (Å²) in [5.41, 5.74) is 0. The van der Waals surface area contributed by atoms with Gasteiger partial charge in [-0.2, -0.15) is 17.2 Å². The molecule has 0 amide bonds. The summed E-state index contributed by atoms with van der Waals surface area (Å²) in [4.78, 5) is 0. The molecular weight excluding hydrogens is 202 g/mol. The summed E-state index contributed by atoms with van der Waals surface area (Å²) in [6.45, 7) is -3.11. The molecule has 72 valence electrons. The van der Waals surface area contributed by atoms with Crippen molar-refractivity contribution in [3.8, 4) is 5.75 Å². The summed E-state index contributed by atoms with van der Waals surface area (Å²) in [6, 6.07) is 7.91. The van der Waals surface area contributed by atoms with Crippen LogP contribution >= 0.6 is 0 Å². The minimum Gasteiger partial charge on any atom is -0.380 e. The second kappa shape index (κ2) is 4.88. The normalized spacial score (nSPS) is 12.8. The molecule has 13 heavy (non-hydrogen) atoms. The highest BCUT2D eigenvalue weighted by Crippen LogP contribution is 2.11. The molecule has 0 spiro atoms. The van der Waals surface area contributed by atoms with Gasteiger partial charge in [-0.05, 0) is 12.1 Å². The van der Waals surface area contributed by atoms with Crippen LogP contribution < -0.4 is 4.18 Å². The Kier molecular flexibility index (Phi) is 3.78. The van der Waals surface area contributed by atoms with Crippen LogP contribution in [0.3, 0.4) is 0 Å². The summed E-state index contributed by atoms with van der Waals surface area (Å²) < 4.78 is 41.7. The van der Waals surface area contributed by atoms with Crippen molar-refractivity contribution in [2.75, 3.05) is 0 Å². The maximum Gasteiger partial charge on any atom is 0.365 e. The molecule has 0 aromatic heterocycles. The molecule has 0 radical (unpaired) electrons. The van der Waals surface area contributed by atoms with E-state index in [4.69, 9.17) is 0 Å². The number of rotatable bonds is 4. The highest BCUT2D eigenvalue weighted by molar-refractivity contribution is 7.75. The van der Waals surface area contributed by atoms with Gasteiger partial charge >= 0.3 is 18.0 Å². The van der Waals surface area contributed by atoms with Gasteiger partial charge in [0.15, 0.2) is 0 Å². The molecule has 0 saturated heterocycles. The van der Waals surface area contributed by atoms with E-state index in [2.05, 4.69) is 8.37 Å². The zero-order valence-electron chi connectivity index (χ0n) is 6.35. The summed E-state index contributed by atoms with van der Waals surface area (Å²) in [5, 5.41) is 0. The van der Waals surface area contributed by atoms with E-state index < -0.39 is 18.0 Å². The minimum atomic E-state index is -3.11. The van der Waals surface area contributed by atoms with E-state index in [1.165, 1.54) is 12.1 Å². The molecule has 1 aromatic carbocycles. The minimum absolute atomic E-state index is 0.210. The lowest BCUT2D eigenvalue weighted by atomic mass is 10.3. The standard InChI is InChI=1S/C7H6F2O3S/c8-7(9)12-13(10)11-6-4-2-1-3-5-6/h1-5,7H. The zero-order valence-corrected chi connectivity index (χ0v) is 7.17. The molecule has 0 aliphatic carbocycles. The molecule has 0 bridgehead atoms. The van der Waals surface area contributed by atoms with Crippen molar-refractivity contribution in [3.05, 3.63) is 30.3 Å². The Morgan fingerprint density at radius 1 is 1.23 bits per heavy atom. The molecule has 1 rings (SSSR count). The van der Waals surface area contributed by atoms with E-state index in [9.17, 15) is 13.0 Å².